The second-order valence-electron chi connectivity index (χ2n) is 4.21. The van der Waals surface area contributed by atoms with Crippen LogP contribution in [0.4, 0.5) is 5.69 Å². The molecule has 0 aliphatic heterocycles. The van der Waals surface area contributed by atoms with Crippen molar-refractivity contribution in [2.24, 2.45) is 4.99 Å². The number of Topliss-reactive ketones (excluding diaryl/α,β-unsaturated/α-hetero) is 1. The highest BCUT2D eigenvalue weighted by molar-refractivity contribution is 6.00. The van der Waals surface area contributed by atoms with Crippen molar-refractivity contribution in [3.63, 3.8) is 0 Å². The lowest BCUT2D eigenvalue weighted by atomic mass is 10.1. The molecule has 0 saturated carbocycles. The number of aliphatic imine (C=N–C) groups is 1. The number of hydrogen-bond donors (Lipinski definition) is 0. The Morgan fingerprint density at radius 3 is 2.00 bits per heavy atom. The van der Waals surface area contributed by atoms with Gasteiger partial charge in [-0.15, -0.1) is 0 Å². The predicted octanol–water partition coefficient (Wildman–Crippen LogP) is 2.27. The molecule has 6 heteroatoms. The molecule has 0 unspecified atom stereocenters. The van der Waals surface area contributed by atoms with E-state index in [1.807, 2.05) is 0 Å². The first-order chi connectivity index (χ1) is 10.1. The molecule has 0 radical (unpaired) electrons. The molecule has 1 aromatic carbocycles. The van der Waals surface area contributed by atoms with Crippen molar-refractivity contribution in [3.8, 4) is 11.5 Å². The fraction of sp³-hybridized carbons (Fsp3) is 0.467. The number of ether oxygens (including phenoxy) is 4. The van der Waals surface area contributed by atoms with Gasteiger partial charge in [0, 0.05) is 25.8 Å². The molecule has 6 nitrogen and oxygen atoms in total. The van der Waals surface area contributed by atoms with Gasteiger partial charge in [-0.2, -0.15) is 0 Å². The van der Waals surface area contributed by atoms with Crippen molar-refractivity contribution in [2.45, 2.75) is 6.92 Å². The highest BCUT2D eigenvalue weighted by atomic mass is 16.5. The molecule has 0 bridgehead atoms. The zero-order valence-electron chi connectivity index (χ0n) is 12.7. The van der Waals surface area contributed by atoms with Crippen LogP contribution in [0.3, 0.4) is 0 Å². The third-order valence-corrected chi connectivity index (χ3v) is 2.70. The van der Waals surface area contributed by atoms with E-state index in [2.05, 4.69) is 11.7 Å². The molecule has 116 valence electrons. The molecule has 0 fully saturated rings. The van der Waals surface area contributed by atoms with Gasteiger partial charge in [-0.3, -0.25) is 9.79 Å². The summed E-state index contributed by atoms with van der Waals surface area (Å²) in [5.74, 6) is 0.855. The van der Waals surface area contributed by atoms with Crippen LogP contribution in [0.5, 0.6) is 11.5 Å². The van der Waals surface area contributed by atoms with Gasteiger partial charge in [-0.25, -0.2) is 0 Å². The number of carbonyl (C=O) groups excluding carboxylic acids is 1. The van der Waals surface area contributed by atoms with Gasteiger partial charge in [-0.05, 0) is 19.7 Å². The Morgan fingerprint density at radius 2 is 1.57 bits per heavy atom. The van der Waals surface area contributed by atoms with Gasteiger partial charge in [0.15, 0.2) is 17.3 Å². The first-order valence-electron chi connectivity index (χ1n) is 6.53. The Morgan fingerprint density at radius 1 is 1.05 bits per heavy atom. The number of hydrogen-bond acceptors (Lipinski definition) is 6. The van der Waals surface area contributed by atoms with E-state index in [1.54, 1.807) is 26.4 Å². The van der Waals surface area contributed by atoms with E-state index in [0.29, 0.717) is 49.2 Å². The zero-order chi connectivity index (χ0) is 15.7. The monoisotopic (exact) mass is 295 g/mol. The lowest BCUT2D eigenvalue weighted by Gasteiger charge is -2.15. The summed E-state index contributed by atoms with van der Waals surface area (Å²) >= 11 is 0. The number of ketones is 1. The van der Waals surface area contributed by atoms with E-state index < -0.39 is 0 Å². The molecule has 0 amide bonds. The Kier molecular flexibility index (Phi) is 7.42. The minimum absolute atomic E-state index is 0.113. The summed E-state index contributed by atoms with van der Waals surface area (Å²) in [4.78, 5) is 15.5. The van der Waals surface area contributed by atoms with Gasteiger partial charge in [0.1, 0.15) is 13.2 Å². The normalized spacial score (nSPS) is 10.2. The summed E-state index contributed by atoms with van der Waals surface area (Å²) in [5, 5.41) is 0. The van der Waals surface area contributed by atoms with Crippen molar-refractivity contribution >= 4 is 18.2 Å². The van der Waals surface area contributed by atoms with E-state index >= 15 is 0 Å². The fourth-order valence-electron chi connectivity index (χ4n) is 1.66. The van der Waals surface area contributed by atoms with Crippen LogP contribution in [0.2, 0.25) is 0 Å². The molecular formula is C15H21NO5. The average Bonchev–Trinajstić information content (AvgIpc) is 2.48. The van der Waals surface area contributed by atoms with Crippen LogP contribution in [-0.2, 0) is 9.47 Å². The van der Waals surface area contributed by atoms with Crippen molar-refractivity contribution in [1.82, 2.24) is 0 Å². The molecule has 1 aromatic rings. The summed E-state index contributed by atoms with van der Waals surface area (Å²) in [7, 11) is 3.18. The van der Waals surface area contributed by atoms with Crippen LogP contribution in [0.25, 0.3) is 0 Å². The lowest BCUT2D eigenvalue weighted by molar-refractivity contribution is 0.101. The zero-order valence-corrected chi connectivity index (χ0v) is 12.7. The van der Waals surface area contributed by atoms with E-state index in [4.69, 9.17) is 18.9 Å². The number of rotatable bonds is 10. The smallest absolute Gasteiger partial charge is 0.163 e. The van der Waals surface area contributed by atoms with E-state index in [9.17, 15) is 4.79 Å². The third-order valence-electron chi connectivity index (χ3n) is 2.70. The topological polar surface area (TPSA) is 66.3 Å². The van der Waals surface area contributed by atoms with Crippen LogP contribution >= 0.6 is 0 Å². The minimum Gasteiger partial charge on any atom is -0.487 e. The van der Waals surface area contributed by atoms with Gasteiger partial charge in [0.25, 0.3) is 0 Å². The number of nitrogens with zero attached hydrogens (tertiary/aromatic N) is 1. The average molecular weight is 295 g/mol. The van der Waals surface area contributed by atoms with Gasteiger partial charge in [-0.1, -0.05) is 0 Å². The maximum Gasteiger partial charge on any atom is 0.163 e. The predicted molar refractivity (Wildman–Crippen MR) is 80.4 cm³/mol. The minimum atomic E-state index is -0.113. The second-order valence-corrected chi connectivity index (χ2v) is 4.21. The van der Waals surface area contributed by atoms with Crippen LogP contribution in [0.15, 0.2) is 17.1 Å². The Labute approximate surface area is 124 Å². The molecule has 0 saturated heterocycles. The summed E-state index contributed by atoms with van der Waals surface area (Å²) in [5.41, 5.74) is 0.908. The van der Waals surface area contributed by atoms with Gasteiger partial charge in [0.05, 0.1) is 18.9 Å². The highest BCUT2D eigenvalue weighted by Gasteiger charge is 2.14. The summed E-state index contributed by atoms with van der Waals surface area (Å²) in [6.45, 7) is 6.55. The first kappa shape index (κ1) is 17.1. The Balaban J connectivity index is 3.04. The van der Waals surface area contributed by atoms with E-state index in [0.717, 1.165) is 0 Å². The SMILES string of the molecule is C=Nc1cc(OCCOC)c(OCCOC)cc1C(C)=O. The van der Waals surface area contributed by atoms with Gasteiger partial charge < -0.3 is 18.9 Å². The number of methoxy groups -OCH3 is 2. The molecule has 0 spiro atoms. The van der Waals surface area contributed by atoms with Gasteiger partial charge >= 0.3 is 0 Å². The first-order valence-corrected chi connectivity index (χ1v) is 6.53. The van der Waals surface area contributed by atoms with Crippen LogP contribution < -0.4 is 9.47 Å². The summed E-state index contributed by atoms with van der Waals surface area (Å²) < 4.78 is 21.1. The van der Waals surface area contributed by atoms with Crippen LogP contribution in [-0.4, -0.2) is 53.1 Å². The van der Waals surface area contributed by atoms with Crippen LogP contribution in [0, 0.1) is 0 Å². The Bertz CT molecular complexity index is 487. The molecular weight excluding hydrogens is 274 g/mol. The quantitative estimate of drug-likeness (QED) is 0.376. The molecule has 1 rings (SSSR count). The molecule has 0 aromatic heterocycles. The molecule has 0 aliphatic rings. The molecule has 0 heterocycles. The summed E-state index contributed by atoms with van der Waals surface area (Å²) in [6, 6.07) is 3.26. The highest BCUT2D eigenvalue weighted by Crippen LogP contribution is 2.35. The lowest BCUT2D eigenvalue weighted by Crippen LogP contribution is -2.09. The standard InChI is InChI=1S/C15H21NO5/c1-11(17)12-9-14(20-7-5-18-3)15(10-13(12)16-2)21-8-6-19-4/h9-10H,2,5-8H2,1,3-4H3. The van der Waals surface area contributed by atoms with E-state index in [-0.39, 0.29) is 5.78 Å². The maximum absolute atomic E-state index is 11.7. The number of carbonyl (C=O) groups is 1. The number of benzene rings is 1. The largest absolute Gasteiger partial charge is 0.487 e. The summed E-state index contributed by atoms with van der Waals surface area (Å²) in [6.07, 6.45) is 0. The van der Waals surface area contributed by atoms with Crippen molar-refractivity contribution < 1.29 is 23.7 Å². The fourth-order valence-corrected chi connectivity index (χ4v) is 1.66. The Hall–Kier alpha value is -1.92. The molecule has 0 aliphatic carbocycles. The van der Waals surface area contributed by atoms with Crippen LogP contribution in [0.1, 0.15) is 17.3 Å². The van der Waals surface area contributed by atoms with E-state index in [1.165, 1.54) is 6.92 Å². The van der Waals surface area contributed by atoms with Gasteiger partial charge in [0.2, 0.25) is 0 Å². The van der Waals surface area contributed by atoms with Crippen molar-refractivity contribution in [3.05, 3.63) is 17.7 Å². The maximum atomic E-state index is 11.7. The molecule has 0 atom stereocenters. The van der Waals surface area contributed by atoms with Crippen molar-refractivity contribution in [2.75, 3.05) is 40.6 Å². The molecule has 0 N–H and O–H groups in total. The van der Waals surface area contributed by atoms with Crippen molar-refractivity contribution in [1.29, 1.82) is 0 Å². The second kappa shape index (κ2) is 9.10. The molecule has 21 heavy (non-hydrogen) atoms. The third kappa shape index (κ3) is 5.17.